The SMILES string of the molecule is CC(=O)CO[C@H]1OC(n2c3ccccc3c3c(C(F)(F)F)cc(C(F)(F)F)nc32)[C@H](OC(C)=O)[C@@H]1OC(C)=O. The summed E-state index contributed by atoms with van der Waals surface area (Å²) in [5.41, 5.74) is -4.26. The number of esters is 2. The average molecular weight is 562 g/mol. The molecule has 3 aromatic rings. The van der Waals surface area contributed by atoms with Crippen molar-refractivity contribution in [3.05, 3.63) is 41.6 Å². The van der Waals surface area contributed by atoms with Gasteiger partial charge in [0, 0.05) is 24.6 Å². The van der Waals surface area contributed by atoms with Crippen LogP contribution in [0, 0.1) is 0 Å². The number of hydrogen-bond donors (Lipinski definition) is 0. The second kappa shape index (κ2) is 10.1. The predicted octanol–water partition coefficient (Wildman–Crippen LogP) is 4.55. The van der Waals surface area contributed by atoms with E-state index in [0.717, 1.165) is 18.4 Å². The number of Topliss-reactive ketones (excluding diaryl/α,β-unsaturated/α-hetero) is 1. The molecule has 0 radical (unpaired) electrons. The molecule has 4 rings (SSSR count). The van der Waals surface area contributed by atoms with Crippen molar-refractivity contribution in [2.75, 3.05) is 6.61 Å². The van der Waals surface area contributed by atoms with Crippen LogP contribution in [0.3, 0.4) is 0 Å². The van der Waals surface area contributed by atoms with Gasteiger partial charge in [-0.3, -0.25) is 19.0 Å². The molecule has 1 unspecified atom stereocenters. The van der Waals surface area contributed by atoms with E-state index in [-0.39, 0.29) is 17.0 Å². The lowest BCUT2D eigenvalue weighted by Crippen LogP contribution is -2.40. The Morgan fingerprint density at radius 3 is 2.13 bits per heavy atom. The minimum Gasteiger partial charge on any atom is -0.453 e. The number of aromatic nitrogens is 2. The van der Waals surface area contributed by atoms with Crippen LogP contribution in [0.15, 0.2) is 30.3 Å². The Morgan fingerprint density at radius 1 is 0.949 bits per heavy atom. The fraction of sp³-hybridized carbons (Fsp3) is 0.417. The largest absolute Gasteiger partial charge is 0.453 e. The fourth-order valence-corrected chi connectivity index (χ4v) is 4.39. The van der Waals surface area contributed by atoms with E-state index >= 15 is 0 Å². The molecule has 9 nitrogen and oxygen atoms in total. The number of para-hydroxylation sites is 1. The molecule has 0 spiro atoms. The smallest absolute Gasteiger partial charge is 0.433 e. The van der Waals surface area contributed by atoms with E-state index in [1.54, 1.807) is 0 Å². The number of rotatable bonds is 6. The second-order valence-electron chi connectivity index (χ2n) is 8.69. The van der Waals surface area contributed by atoms with Crippen LogP contribution in [-0.2, 0) is 45.7 Å². The van der Waals surface area contributed by atoms with Crippen LogP contribution in [0.25, 0.3) is 21.9 Å². The van der Waals surface area contributed by atoms with Crippen molar-refractivity contribution < 1.29 is 59.7 Å². The van der Waals surface area contributed by atoms with Gasteiger partial charge in [-0.25, -0.2) is 4.98 Å². The molecule has 39 heavy (non-hydrogen) atoms. The fourth-order valence-electron chi connectivity index (χ4n) is 4.39. The molecule has 0 aliphatic carbocycles. The van der Waals surface area contributed by atoms with E-state index in [9.17, 15) is 40.7 Å². The lowest BCUT2D eigenvalue weighted by Gasteiger charge is -2.24. The van der Waals surface area contributed by atoms with Crippen LogP contribution in [0.2, 0.25) is 0 Å². The quantitative estimate of drug-likeness (QED) is 0.318. The highest BCUT2D eigenvalue weighted by Crippen LogP contribution is 2.45. The highest BCUT2D eigenvalue weighted by Gasteiger charge is 2.52. The zero-order valence-electron chi connectivity index (χ0n) is 20.4. The Labute approximate surface area is 215 Å². The Kier molecular flexibility index (Phi) is 7.33. The number of nitrogens with zero attached hydrogens (tertiary/aromatic N) is 2. The number of ether oxygens (including phenoxy) is 4. The number of alkyl halides is 6. The van der Waals surface area contributed by atoms with Gasteiger partial charge in [0.05, 0.1) is 11.1 Å². The van der Waals surface area contributed by atoms with Gasteiger partial charge in [0.25, 0.3) is 0 Å². The number of ketones is 1. The maximum absolute atomic E-state index is 14.1. The third kappa shape index (κ3) is 5.54. The molecule has 15 heteroatoms. The van der Waals surface area contributed by atoms with Crippen molar-refractivity contribution in [3.8, 4) is 0 Å². The summed E-state index contributed by atoms with van der Waals surface area (Å²) < 4.78 is 106. The highest BCUT2D eigenvalue weighted by atomic mass is 19.4. The number of hydrogen-bond acceptors (Lipinski definition) is 8. The summed E-state index contributed by atoms with van der Waals surface area (Å²) in [6.07, 6.45) is -16.9. The Balaban J connectivity index is 2.04. The first-order valence-corrected chi connectivity index (χ1v) is 11.3. The summed E-state index contributed by atoms with van der Waals surface area (Å²) >= 11 is 0. The number of halogens is 6. The zero-order valence-corrected chi connectivity index (χ0v) is 20.4. The van der Waals surface area contributed by atoms with Crippen molar-refractivity contribution in [2.45, 2.75) is 57.8 Å². The summed E-state index contributed by atoms with van der Waals surface area (Å²) in [5, 5.41) is -0.781. The molecule has 0 saturated carbocycles. The normalized spacial score (nSPS) is 21.9. The lowest BCUT2D eigenvalue weighted by molar-refractivity contribution is -0.191. The van der Waals surface area contributed by atoms with Crippen LogP contribution in [-0.4, -0.2) is 52.4 Å². The minimum atomic E-state index is -5.26. The molecule has 0 amide bonds. The minimum absolute atomic E-state index is 0.0548. The molecule has 1 aliphatic heterocycles. The lowest BCUT2D eigenvalue weighted by atomic mass is 10.1. The van der Waals surface area contributed by atoms with Crippen molar-refractivity contribution in [2.24, 2.45) is 0 Å². The summed E-state index contributed by atoms with van der Waals surface area (Å²) in [4.78, 5) is 38.8. The van der Waals surface area contributed by atoms with Crippen LogP contribution >= 0.6 is 0 Å². The summed E-state index contributed by atoms with van der Waals surface area (Å²) in [5.74, 6) is -2.30. The van der Waals surface area contributed by atoms with Crippen LogP contribution < -0.4 is 0 Å². The molecule has 1 aromatic carbocycles. The first kappa shape index (κ1) is 28.3. The maximum Gasteiger partial charge on any atom is 0.433 e. The first-order valence-electron chi connectivity index (χ1n) is 11.3. The standard InChI is InChI=1S/C24H20F6N2O7/c1-10(33)9-36-22-19(38-12(3)35)18(37-11(2)34)21(39-22)32-15-7-5-4-6-13(15)17-14(23(25,26)27)8-16(24(28,29)30)31-20(17)32/h4-8,18-19,21-22H,9H2,1-3H3/t18-,19+,21?,22+/m1/s1. The third-order valence-electron chi connectivity index (χ3n) is 5.71. The predicted molar refractivity (Wildman–Crippen MR) is 119 cm³/mol. The topological polar surface area (TPSA) is 106 Å². The van der Waals surface area contributed by atoms with E-state index < -0.39 is 83.7 Å². The van der Waals surface area contributed by atoms with Gasteiger partial charge in [0.2, 0.25) is 6.29 Å². The van der Waals surface area contributed by atoms with E-state index in [0.29, 0.717) is 0 Å². The molecule has 0 bridgehead atoms. The monoisotopic (exact) mass is 562 g/mol. The molecular weight excluding hydrogens is 542 g/mol. The number of benzene rings is 1. The zero-order chi connectivity index (χ0) is 28.9. The van der Waals surface area contributed by atoms with E-state index in [2.05, 4.69) is 4.98 Å². The van der Waals surface area contributed by atoms with Crippen LogP contribution in [0.4, 0.5) is 26.3 Å². The van der Waals surface area contributed by atoms with E-state index in [4.69, 9.17) is 18.9 Å². The van der Waals surface area contributed by atoms with Gasteiger partial charge >= 0.3 is 24.3 Å². The van der Waals surface area contributed by atoms with E-state index in [1.807, 2.05) is 0 Å². The van der Waals surface area contributed by atoms with Gasteiger partial charge in [0.15, 0.2) is 24.2 Å². The molecule has 1 aliphatic rings. The van der Waals surface area contributed by atoms with Gasteiger partial charge < -0.3 is 18.9 Å². The number of fused-ring (bicyclic) bond motifs is 3. The average Bonchev–Trinajstić information content (AvgIpc) is 3.30. The Hall–Kier alpha value is -3.72. The van der Waals surface area contributed by atoms with Crippen molar-refractivity contribution in [1.29, 1.82) is 0 Å². The Bertz CT molecular complexity index is 1450. The first-order chi connectivity index (χ1) is 18.1. The van der Waals surface area contributed by atoms with Crippen LogP contribution in [0.5, 0.6) is 0 Å². The second-order valence-corrected chi connectivity index (χ2v) is 8.69. The molecular formula is C24H20F6N2O7. The Morgan fingerprint density at radius 2 is 1.56 bits per heavy atom. The maximum atomic E-state index is 14.1. The molecule has 2 aromatic heterocycles. The molecule has 3 heterocycles. The van der Waals surface area contributed by atoms with Gasteiger partial charge in [-0.2, -0.15) is 26.3 Å². The van der Waals surface area contributed by atoms with Gasteiger partial charge in [-0.15, -0.1) is 0 Å². The van der Waals surface area contributed by atoms with Crippen molar-refractivity contribution in [1.82, 2.24) is 9.55 Å². The van der Waals surface area contributed by atoms with Gasteiger partial charge in [-0.05, 0) is 19.1 Å². The molecule has 1 saturated heterocycles. The summed E-state index contributed by atoms with van der Waals surface area (Å²) in [6.45, 7) is 2.61. The number of pyridine rings is 1. The van der Waals surface area contributed by atoms with Crippen molar-refractivity contribution in [3.63, 3.8) is 0 Å². The number of carbonyl (C=O) groups excluding carboxylic acids is 3. The third-order valence-corrected chi connectivity index (χ3v) is 5.71. The number of carbonyl (C=O) groups is 3. The van der Waals surface area contributed by atoms with Crippen molar-refractivity contribution >= 4 is 39.7 Å². The highest BCUT2D eigenvalue weighted by molar-refractivity contribution is 6.08. The molecule has 4 atom stereocenters. The summed E-state index contributed by atoms with van der Waals surface area (Å²) in [7, 11) is 0. The summed E-state index contributed by atoms with van der Waals surface area (Å²) in [6, 6.07) is 5.27. The van der Waals surface area contributed by atoms with Crippen LogP contribution in [0.1, 0.15) is 38.3 Å². The van der Waals surface area contributed by atoms with E-state index in [1.165, 1.54) is 31.2 Å². The molecule has 210 valence electrons. The molecule has 1 fully saturated rings. The van der Waals surface area contributed by atoms with Gasteiger partial charge in [-0.1, -0.05) is 18.2 Å². The van der Waals surface area contributed by atoms with Gasteiger partial charge in [0.1, 0.15) is 17.9 Å². The molecule has 0 N–H and O–H groups in total.